The van der Waals surface area contributed by atoms with Crippen molar-refractivity contribution in [1.82, 2.24) is 4.90 Å². The SMILES string of the molecule is CCN(CC)C[C@H](O)CCCCCCCCC(=O)OC. The Morgan fingerprint density at radius 2 is 1.60 bits per heavy atom. The summed E-state index contributed by atoms with van der Waals surface area (Å²) in [6.45, 7) is 7.07. The second kappa shape index (κ2) is 13.4. The summed E-state index contributed by atoms with van der Waals surface area (Å²) in [6, 6.07) is 0. The number of nitrogens with zero attached hydrogens (tertiary/aromatic N) is 1. The average Bonchev–Trinajstić information content (AvgIpc) is 2.46. The van der Waals surface area contributed by atoms with Gasteiger partial charge in [0.15, 0.2) is 0 Å². The maximum absolute atomic E-state index is 10.9. The molecule has 120 valence electrons. The summed E-state index contributed by atoms with van der Waals surface area (Å²) in [5, 5.41) is 9.92. The Bertz CT molecular complexity index is 230. The first kappa shape index (κ1) is 19.4. The Morgan fingerprint density at radius 3 is 2.15 bits per heavy atom. The van der Waals surface area contributed by atoms with E-state index in [1.807, 2.05) is 0 Å². The summed E-state index contributed by atoms with van der Waals surface area (Å²) in [4.78, 5) is 13.2. The summed E-state index contributed by atoms with van der Waals surface area (Å²) >= 11 is 0. The molecule has 0 rings (SSSR count). The maximum atomic E-state index is 10.9. The molecule has 1 atom stereocenters. The Labute approximate surface area is 124 Å². The van der Waals surface area contributed by atoms with Crippen LogP contribution in [0.4, 0.5) is 0 Å². The van der Waals surface area contributed by atoms with Crippen molar-refractivity contribution in [3.63, 3.8) is 0 Å². The van der Waals surface area contributed by atoms with Crippen molar-refractivity contribution in [3.8, 4) is 0 Å². The van der Waals surface area contributed by atoms with Crippen LogP contribution in [0.3, 0.4) is 0 Å². The third-order valence-electron chi connectivity index (χ3n) is 3.76. The Hall–Kier alpha value is -0.610. The molecule has 0 radical (unpaired) electrons. The second-order valence-electron chi connectivity index (χ2n) is 5.38. The minimum absolute atomic E-state index is 0.107. The number of carbonyl (C=O) groups excluding carboxylic acids is 1. The van der Waals surface area contributed by atoms with Crippen LogP contribution in [0.2, 0.25) is 0 Å². The van der Waals surface area contributed by atoms with Gasteiger partial charge in [0.25, 0.3) is 0 Å². The van der Waals surface area contributed by atoms with E-state index in [1.54, 1.807) is 0 Å². The largest absolute Gasteiger partial charge is 0.469 e. The Balaban J connectivity index is 3.33. The fourth-order valence-corrected chi connectivity index (χ4v) is 2.33. The zero-order valence-electron chi connectivity index (χ0n) is 13.6. The van der Waals surface area contributed by atoms with Crippen LogP contribution < -0.4 is 0 Å². The molecule has 0 bridgehead atoms. The summed E-state index contributed by atoms with van der Waals surface area (Å²) < 4.78 is 4.60. The molecule has 0 fully saturated rings. The van der Waals surface area contributed by atoms with E-state index in [2.05, 4.69) is 23.5 Å². The minimum atomic E-state index is -0.186. The molecule has 0 aromatic carbocycles. The zero-order valence-corrected chi connectivity index (χ0v) is 13.6. The molecule has 0 aromatic heterocycles. The number of rotatable bonds is 13. The van der Waals surface area contributed by atoms with Gasteiger partial charge >= 0.3 is 5.97 Å². The summed E-state index contributed by atoms with van der Waals surface area (Å²) in [6.07, 6.45) is 7.91. The van der Waals surface area contributed by atoms with E-state index in [1.165, 1.54) is 26.4 Å². The molecule has 20 heavy (non-hydrogen) atoms. The number of unbranched alkanes of at least 4 members (excludes halogenated alkanes) is 5. The lowest BCUT2D eigenvalue weighted by Crippen LogP contribution is -2.32. The smallest absolute Gasteiger partial charge is 0.305 e. The third kappa shape index (κ3) is 11.2. The maximum Gasteiger partial charge on any atom is 0.305 e. The number of esters is 1. The van der Waals surface area contributed by atoms with E-state index < -0.39 is 0 Å². The molecule has 0 heterocycles. The number of ether oxygens (including phenoxy) is 1. The summed E-state index contributed by atoms with van der Waals surface area (Å²) in [5.41, 5.74) is 0. The molecular formula is C16H33NO3. The van der Waals surface area contributed by atoms with Crippen molar-refractivity contribution in [1.29, 1.82) is 0 Å². The molecule has 0 saturated heterocycles. The summed E-state index contributed by atoms with van der Waals surface area (Å²) in [7, 11) is 1.44. The molecule has 0 saturated carbocycles. The van der Waals surface area contributed by atoms with Crippen LogP contribution in [0.5, 0.6) is 0 Å². The highest BCUT2D eigenvalue weighted by Crippen LogP contribution is 2.10. The number of methoxy groups -OCH3 is 1. The van der Waals surface area contributed by atoms with Crippen molar-refractivity contribution in [2.75, 3.05) is 26.7 Å². The first-order valence-electron chi connectivity index (χ1n) is 8.11. The van der Waals surface area contributed by atoms with E-state index in [9.17, 15) is 9.90 Å². The molecule has 0 aliphatic carbocycles. The fourth-order valence-electron chi connectivity index (χ4n) is 2.33. The molecule has 4 heteroatoms. The van der Waals surface area contributed by atoms with Crippen molar-refractivity contribution < 1.29 is 14.6 Å². The molecule has 0 spiro atoms. The number of carbonyl (C=O) groups is 1. The fraction of sp³-hybridized carbons (Fsp3) is 0.938. The lowest BCUT2D eigenvalue weighted by Gasteiger charge is -2.21. The van der Waals surface area contributed by atoms with Crippen LogP contribution in [0.15, 0.2) is 0 Å². The lowest BCUT2D eigenvalue weighted by atomic mass is 10.1. The molecule has 1 N–H and O–H groups in total. The Morgan fingerprint density at radius 1 is 1.05 bits per heavy atom. The minimum Gasteiger partial charge on any atom is -0.469 e. The van der Waals surface area contributed by atoms with Gasteiger partial charge in [0, 0.05) is 13.0 Å². The highest BCUT2D eigenvalue weighted by Gasteiger charge is 2.08. The van der Waals surface area contributed by atoms with E-state index in [0.29, 0.717) is 6.42 Å². The first-order chi connectivity index (χ1) is 9.63. The molecule has 0 amide bonds. The van der Waals surface area contributed by atoms with E-state index in [-0.39, 0.29) is 12.1 Å². The van der Waals surface area contributed by atoms with Gasteiger partial charge in [0.1, 0.15) is 0 Å². The molecular weight excluding hydrogens is 254 g/mol. The normalized spacial score (nSPS) is 12.7. The number of hydrogen-bond donors (Lipinski definition) is 1. The quantitative estimate of drug-likeness (QED) is 0.418. The molecule has 4 nitrogen and oxygen atoms in total. The van der Waals surface area contributed by atoms with Crippen molar-refractivity contribution >= 4 is 5.97 Å². The van der Waals surface area contributed by atoms with Gasteiger partial charge in [0.05, 0.1) is 13.2 Å². The van der Waals surface area contributed by atoms with E-state index in [0.717, 1.165) is 45.3 Å². The molecule has 0 aromatic rings. The molecule has 0 aliphatic heterocycles. The second-order valence-corrected chi connectivity index (χ2v) is 5.38. The topological polar surface area (TPSA) is 49.8 Å². The van der Waals surface area contributed by atoms with Crippen molar-refractivity contribution in [2.24, 2.45) is 0 Å². The molecule has 0 unspecified atom stereocenters. The van der Waals surface area contributed by atoms with Crippen LogP contribution in [-0.4, -0.2) is 48.8 Å². The van der Waals surface area contributed by atoms with Gasteiger partial charge in [-0.1, -0.05) is 46.0 Å². The van der Waals surface area contributed by atoms with E-state index in [4.69, 9.17) is 0 Å². The number of aliphatic hydroxyl groups is 1. The Kier molecular flexibility index (Phi) is 13.0. The van der Waals surface area contributed by atoms with E-state index >= 15 is 0 Å². The van der Waals surface area contributed by atoms with Gasteiger partial charge < -0.3 is 14.7 Å². The number of hydrogen-bond acceptors (Lipinski definition) is 4. The molecule has 0 aliphatic rings. The monoisotopic (exact) mass is 287 g/mol. The zero-order chi connectivity index (χ0) is 15.2. The first-order valence-corrected chi connectivity index (χ1v) is 8.11. The van der Waals surface area contributed by atoms with Crippen molar-refractivity contribution in [2.45, 2.75) is 71.3 Å². The van der Waals surface area contributed by atoms with Crippen LogP contribution in [-0.2, 0) is 9.53 Å². The van der Waals surface area contributed by atoms with Gasteiger partial charge in [-0.15, -0.1) is 0 Å². The predicted octanol–water partition coefficient (Wildman–Crippen LogP) is 2.98. The van der Waals surface area contributed by atoms with Gasteiger partial charge in [-0.05, 0) is 25.9 Å². The van der Waals surface area contributed by atoms with Crippen LogP contribution in [0, 0.1) is 0 Å². The number of aliphatic hydroxyl groups excluding tert-OH is 1. The standard InChI is InChI=1S/C16H33NO3/c1-4-17(5-2)14-15(18)12-10-8-6-7-9-11-13-16(19)20-3/h15,18H,4-14H2,1-3H3/t15-/m1/s1. The van der Waals surface area contributed by atoms with Crippen LogP contribution in [0.25, 0.3) is 0 Å². The lowest BCUT2D eigenvalue weighted by molar-refractivity contribution is -0.140. The van der Waals surface area contributed by atoms with Gasteiger partial charge in [0.2, 0.25) is 0 Å². The van der Waals surface area contributed by atoms with Gasteiger partial charge in [-0.3, -0.25) is 4.79 Å². The highest BCUT2D eigenvalue weighted by molar-refractivity contribution is 5.68. The van der Waals surface area contributed by atoms with Crippen LogP contribution >= 0.6 is 0 Å². The third-order valence-corrected chi connectivity index (χ3v) is 3.76. The predicted molar refractivity (Wildman–Crippen MR) is 82.7 cm³/mol. The van der Waals surface area contributed by atoms with Crippen LogP contribution in [0.1, 0.15) is 65.2 Å². The average molecular weight is 287 g/mol. The number of likely N-dealkylation sites (N-methyl/N-ethyl adjacent to an activating group) is 1. The van der Waals surface area contributed by atoms with Gasteiger partial charge in [-0.25, -0.2) is 0 Å². The van der Waals surface area contributed by atoms with Gasteiger partial charge in [-0.2, -0.15) is 0 Å². The highest BCUT2D eigenvalue weighted by atomic mass is 16.5. The summed E-state index contributed by atoms with van der Waals surface area (Å²) in [5.74, 6) is -0.107. The van der Waals surface area contributed by atoms with Crippen molar-refractivity contribution in [3.05, 3.63) is 0 Å².